The van der Waals surface area contributed by atoms with Crippen LogP contribution in [0, 0.1) is 5.92 Å². The molecule has 3 nitrogen and oxygen atoms in total. The number of rotatable bonds is 9. The van der Waals surface area contributed by atoms with Crippen LogP contribution >= 0.6 is 0 Å². The third-order valence-corrected chi connectivity index (χ3v) is 5.74. The summed E-state index contributed by atoms with van der Waals surface area (Å²) in [5, 5.41) is 10.4. The number of aliphatic hydroxyl groups is 1. The Hall–Kier alpha value is -1.68. The Balaban J connectivity index is 1.37. The predicted molar refractivity (Wildman–Crippen MR) is 110 cm³/mol. The van der Waals surface area contributed by atoms with Crippen molar-refractivity contribution in [3.05, 3.63) is 71.8 Å². The summed E-state index contributed by atoms with van der Waals surface area (Å²) in [6.45, 7) is 5.66. The number of hydrogen-bond donors (Lipinski definition) is 2. The van der Waals surface area contributed by atoms with E-state index in [-0.39, 0.29) is 12.2 Å². The molecule has 3 heteroatoms. The van der Waals surface area contributed by atoms with E-state index in [2.05, 4.69) is 49.4 Å². The minimum absolute atomic E-state index is 0.0764. The van der Waals surface area contributed by atoms with Crippen molar-refractivity contribution in [3.8, 4) is 0 Å². The topological polar surface area (TPSA) is 33.9 Å². The SMILES string of the molecule is CC[C@@H](OC[C@H](O)C[NH+]1CCC(Cc2ccccc2)CC1)c1ccccc1. The van der Waals surface area contributed by atoms with Gasteiger partial charge < -0.3 is 14.7 Å². The summed E-state index contributed by atoms with van der Waals surface area (Å²) in [4.78, 5) is 1.52. The molecular formula is C24H34NO2+. The van der Waals surface area contributed by atoms with Crippen LogP contribution in [0.2, 0.25) is 0 Å². The summed E-state index contributed by atoms with van der Waals surface area (Å²) in [5.41, 5.74) is 2.65. The second-order valence-electron chi connectivity index (χ2n) is 7.88. The molecule has 0 spiro atoms. The molecule has 0 amide bonds. The molecule has 2 aromatic rings. The molecule has 27 heavy (non-hydrogen) atoms. The predicted octanol–water partition coefficient (Wildman–Crippen LogP) is 3.05. The van der Waals surface area contributed by atoms with Gasteiger partial charge in [0.1, 0.15) is 12.6 Å². The van der Waals surface area contributed by atoms with Gasteiger partial charge in [-0.15, -0.1) is 0 Å². The van der Waals surface area contributed by atoms with Crippen molar-refractivity contribution in [2.45, 2.75) is 44.8 Å². The van der Waals surface area contributed by atoms with Crippen LogP contribution in [0.15, 0.2) is 60.7 Å². The normalized spacial score (nSPS) is 22.3. The largest absolute Gasteiger partial charge is 0.385 e. The smallest absolute Gasteiger partial charge is 0.126 e. The van der Waals surface area contributed by atoms with Crippen molar-refractivity contribution in [1.29, 1.82) is 0 Å². The average Bonchev–Trinajstić information content (AvgIpc) is 2.71. The molecule has 2 N–H and O–H groups in total. The molecule has 0 aliphatic carbocycles. The molecule has 2 atom stereocenters. The molecule has 3 rings (SSSR count). The van der Waals surface area contributed by atoms with E-state index < -0.39 is 0 Å². The van der Waals surface area contributed by atoms with Crippen LogP contribution in [-0.4, -0.2) is 37.5 Å². The van der Waals surface area contributed by atoms with Gasteiger partial charge in [-0.2, -0.15) is 0 Å². The monoisotopic (exact) mass is 368 g/mol. The van der Waals surface area contributed by atoms with E-state index in [4.69, 9.17) is 4.74 Å². The van der Waals surface area contributed by atoms with Gasteiger partial charge in [0.2, 0.25) is 0 Å². The number of piperidine rings is 1. The quantitative estimate of drug-likeness (QED) is 0.713. The van der Waals surface area contributed by atoms with E-state index >= 15 is 0 Å². The average molecular weight is 369 g/mol. The Morgan fingerprint density at radius 2 is 1.63 bits per heavy atom. The summed E-state index contributed by atoms with van der Waals surface area (Å²) in [6.07, 6.45) is 4.30. The van der Waals surface area contributed by atoms with Crippen LogP contribution in [0.25, 0.3) is 0 Å². The third kappa shape index (κ3) is 6.46. The summed E-state index contributed by atoms with van der Waals surface area (Å²) in [7, 11) is 0. The standard InChI is InChI=1S/C24H33NO2/c1-2-24(22-11-7-4-8-12-22)27-19-23(26)18-25-15-13-21(14-16-25)17-20-9-5-3-6-10-20/h3-12,21,23-24,26H,2,13-19H2,1H3/p+1/t23-,24-/m1/s1. The minimum Gasteiger partial charge on any atom is -0.385 e. The summed E-state index contributed by atoms with van der Waals surface area (Å²) >= 11 is 0. The van der Waals surface area contributed by atoms with E-state index in [1.807, 2.05) is 18.2 Å². The highest BCUT2D eigenvalue weighted by atomic mass is 16.5. The maximum absolute atomic E-state index is 10.4. The maximum Gasteiger partial charge on any atom is 0.126 e. The molecule has 0 radical (unpaired) electrons. The molecule has 0 saturated carbocycles. The fourth-order valence-corrected chi connectivity index (χ4v) is 4.18. The van der Waals surface area contributed by atoms with Crippen LogP contribution in [0.5, 0.6) is 0 Å². The lowest BCUT2D eigenvalue weighted by molar-refractivity contribution is -0.909. The molecule has 2 aromatic carbocycles. The maximum atomic E-state index is 10.4. The van der Waals surface area contributed by atoms with Crippen molar-refractivity contribution in [3.63, 3.8) is 0 Å². The highest BCUT2D eigenvalue weighted by Gasteiger charge is 2.24. The summed E-state index contributed by atoms with van der Waals surface area (Å²) in [6, 6.07) is 21.1. The van der Waals surface area contributed by atoms with E-state index in [1.54, 1.807) is 0 Å². The Morgan fingerprint density at radius 1 is 1.00 bits per heavy atom. The Labute approximate surface area is 164 Å². The number of likely N-dealkylation sites (tertiary alicyclic amines) is 1. The zero-order valence-corrected chi connectivity index (χ0v) is 16.5. The molecule has 1 fully saturated rings. The molecule has 146 valence electrons. The van der Waals surface area contributed by atoms with E-state index in [9.17, 15) is 5.11 Å². The molecule has 1 aliphatic heterocycles. The van der Waals surface area contributed by atoms with Crippen molar-refractivity contribution in [2.24, 2.45) is 5.92 Å². The van der Waals surface area contributed by atoms with E-state index in [1.165, 1.54) is 35.3 Å². The molecule has 1 saturated heterocycles. The zero-order valence-electron chi connectivity index (χ0n) is 16.5. The first-order chi connectivity index (χ1) is 13.2. The van der Waals surface area contributed by atoms with E-state index in [0.717, 1.165) is 32.0 Å². The lowest BCUT2D eigenvalue weighted by atomic mass is 9.90. The lowest BCUT2D eigenvalue weighted by Gasteiger charge is -2.31. The minimum atomic E-state index is -0.386. The van der Waals surface area contributed by atoms with Crippen LogP contribution < -0.4 is 4.90 Å². The molecule has 1 heterocycles. The van der Waals surface area contributed by atoms with Crippen molar-refractivity contribution < 1.29 is 14.7 Å². The fourth-order valence-electron chi connectivity index (χ4n) is 4.18. The number of aliphatic hydroxyl groups excluding tert-OH is 1. The molecule has 1 aliphatic rings. The number of nitrogens with one attached hydrogen (secondary N) is 1. The van der Waals surface area contributed by atoms with Gasteiger partial charge in [0, 0.05) is 0 Å². The molecule has 0 aromatic heterocycles. The first-order valence-corrected chi connectivity index (χ1v) is 10.5. The number of quaternary nitrogens is 1. The highest BCUT2D eigenvalue weighted by molar-refractivity contribution is 5.17. The number of ether oxygens (including phenoxy) is 1. The second-order valence-corrected chi connectivity index (χ2v) is 7.88. The number of benzene rings is 2. The Bertz CT molecular complexity index is 638. The van der Waals surface area contributed by atoms with Gasteiger partial charge in [0.05, 0.1) is 25.8 Å². The first kappa shape index (κ1) is 20.1. The second kappa shape index (κ2) is 10.6. The fraction of sp³-hybridized carbons (Fsp3) is 0.500. The number of hydrogen-bond acceptors (Lipinski definition) is 2. The Morgan fingerprint density at radius 3 is 2.26 bits per heavy atom. The van der Waals surface area contributed by atoms with Crippen LogP contribution in [-0.2, 0) is 11.2 Å². The molecule has 0 unspecified atom stereocenters. The lowest BCUT2D eigenvalue weighted by Crippen LogP contribution is -3.14. The molecule has 0 bridgehead atoms. The first-order valence-electron chi connectivity index (χ1n) is 10.5. The van der Waals surface area contributed by atoms with Gasteiger partial charge in [-0.05, 0) is 42.7 Å². The highest BCUT2D eigenvalue weighted by Crippen LogP contribution is 2.20. The summed E-state index contributed by atoms with van der Waals surface area (Å²) < 4.78 is 6.02. The third-order valence-electron chi connectivity index (χ3n) is 5.74. The van der Waals surface area contributed by atoms with Gasteiger partial charge in [-0.3, -0.25) is 0 Å². The van der Waals surface area contributed by atoms with Gasteiger partial charge in [-0.1, -0.05) is 67.6 Å². The van der Waals surface area contributed by atoms with Gasteiger partial charge in [0.25, 0.3) is 0 Å². The van der Waals surface area contributed by atoms with Crippen LogP contribution in [0.1, 0.15) is 43.4 Å². The Kier molecular flexibility index (Phi) is 7.88. The zero-order chi connectivity index (χ0) is 18.9. The van der Waals surface area contributed by atoms with Gasteiger partial charge >= 0.3 is 0 Å². The summed E-state index contributed by atoms with van der Waals surface area (Å²) in [5.74, 6) is 0.784. The van der Waals surface area contributed by atoms with Crippen LogP contribution in [0.3, 0.4) is 0 Å². The van der Waals surface area contributed by atoms with Gasteiger partial charge in [0.15, 0.2) is 0 Å². The van der Waals surface area contributed by atoms with Crippen molar-refractivity contribution in [2.75, 3.05) is 26.2 Å². The molecular weight excluding hydrogens is 334 g/mol. The van der Waals surface area contributed by atoms with E-state index in [0.29, 0.717) is 6.61 Å². The van der Waals surface area contributed by atoms with Gasteiger partial charge in [-0.25, -0.2) is 0 Å². The van der Waals surface area contributed by atoms with Crippen molar-refractivity contribution >= 4 is 0 Å². The van der Waals surface area contributed by atoms with Crippen molar-refractivity contribution in [1.82, 2.24) is 0 Å². The van der Waals surface area contributed by atoms with Crippen LogP contribution in [0.4, 0.5) is 0 Å².